The third-order valence-electron chi connectivity index (χ3n) is 2.16. The van der Waals surface area contributed by atoms with Crippen molar-refractivity contribution in [3.05, 3.63) is 23.8 Å². The Morgan fingerprint density at radius 2 is 2.38 bits per heavy atom. The summed E-state index contributed by atoms with van der Waals surface area (Å²) in [4.78, 5) is 0. The summed E-state index contributed by atoms with van der Waals surface area (Å²) >= 11 is 0. The molecule has 1 atom stereocenters. The lowest BCUT2D eigenvalue weighted by atomic mass is 10.1. The molecule has 0 fully saturated rings. The molecule has 1 heterocycles. The highest BCUT2D eigenvalue weighted by molar-refractivity contribution is 5.59. The standard InChI is InChI=1S/C10H13NO2/c1-7(12)8-2-3-10-9(6-8)11-4-5-13-10/h2-3,6-7,11-12H,4-5H2,1H3. The number of aliphatic hydroxyl groups excluding tert-OH is 1. The van der Waals surface area contributed by atoms with Crippen molar-refractivity contribution in [2.24, 2.45) is 0 Å². The van der Waals surface area contributed by atoms with Gasteiger partial charge in [-0.15, -0.1) is 0 Å². The van der Waals surface area contributed by atoms with Crippen LogP contribution in [0.1, 0.15) is 18.6 Å². The van der Waals surface area contributed by atoms with Crippen LogP contribution in [0.15, 0.2) is 18.2 Å². The molecule has 13 heavy (non-hydrogen) atoms. The zero-order valence-corrected chi connectivity index (χ0v) is 7.58. The molecule has 0 saturated heterocycles. The molecule has 3 nitrogen and oxygen atoms in total. The van der Waals surface area contributed by atoms with Gasteiger partial charge < -0.3 is 15.2 Å². The third kappa shape index (κ3) is 1.60. The fourth-order valence-corrected chi connectivity index (χ4v) is 1.42. The molecular weight excluding hydrogens is 166 g/mol. The number of benzene rings is 1. The Kier molecular flexibility index (Phi) is 2.10. The van der Waals surface area contributed by atoms with Crippen molar-refractivity contribution < 1.29 is 9.84 Å². The molecular formula is C10H13NO2. The summed E-state index contributed by atoms with van der Waals surface area (Å²) in [6, 6.07) is 5.71. The largest absolute Gasteiger partial charge is 0.490 e. The number of ether oxygens (including phenoxy) is 1. The summed E-state index contributed by atoms with van der Waals surface area (Å²) in [5, 5.41) is 12.6. The summed E-state index contributed by atoms with van der Waals surface area (Å²) in [6.07, 6.45) is -0.422. The summed E-state index contributed by atoms with van der Waals surface area (Å²) in [5.41, 5.74) is 1.89. The molecule has 1 unspecified atom stereocenters. The molecule has 3 heteroatoms. The van der Waals surface area contributed by atoms with Gasteiger partial charge in [-0.25, -0.2) is 0 Å². The van der Waals surface area contributed by atoms with E-state index in [1.807, 2.05) is 18.2 Å². The molecule has 0 spiro atoms. The minimum atomic E-state index is -0.422. The van der Waals surface area contributed by atoms with E-state index in [9.17, 15) is 5.11 Å². The number of fused-ring (bicyclic) bond motifs is 1. The van der Waals surface area contributed by atoms with Gasteiger partial charge in [-0.05, 0) is 24.6 Å². The van der Waals surface area contributed by atoms with Gasteiger partial charge in [0.2, 0.25) is 0 Å². The van der Waals surface area contributed by atoms with Gasteiger partial charge in [-0.1, -0.05) is 6.07 Å². The van der Waals surface area contributed by atoms with Crippen LogP contribution >= 0.6 is 0 Å². The monoisotopic (exact) mass is 179 g/mol. The Bertz CT molecular complexity index is 310. The second-order valence-electron chi connectivity index (χ2n) is 3.21. The lowest BCUT2D eigenvalue weighted by Crippen LogP contribution is -2.18. The van der Waals surface area contributed by atoms with Crippen molar-refractivity contribution in [1.82, 2.24) is 0 Å². The van der Waals surface area contributed by atoms with Crippen LogP contribution < -0.4 is 10.1 Å². The molecule has 70 valence electrons. The fourth-order valence-electron chi connectivity index (χ4n) is 1.42. The zero-order valence-electron chi connectivity index (χ0n) is 7.58. The topological polar surface area (TPSA) is 41.5 Å². The van der Waals surface area contributed by atoms with Gasteiger partial charge in [-0.2, -0.15) is 0 Å². The highest BCUT2D eigenvalue weighted by Gasteiger charge is 2.10. The van der Waals surface area contributed by atoms with Crippen LogP contribution in [0.5, 0.6) is 5.75 Å². The van der Waals surface area contributed by atoms with Crippen molar-refractivity contribution >= 4 is 5.69 Å². The first-order valence-corrected chi connectivity index (χ1v) is 4.46. The maximum Gasteiger partial charge on any atom is 0.142 e. The Labute approximate surface area is 77.3 Å². The number of aliphatic hydroxyl groups is 1. The average molecular weight is 179 g/mol. The summed E-state index contributed by atoms with van der Waals surface area (Å²) in [5.74, 6) is 0.871. The normalized spacial score (nSPS) is 16.8. The molecule has 2 N–H and O–H groups in total. The van der Waals surface area contributed by atoms with Crippen molar-refractivity contribution in [2.45, 2.75) is 13.0 Å². The second-order valence-corrected chi connectivity index (χ2v) is 3.21. The van der Waals surface area contributed by atoms with E-state index in [0.717, 1.165) is 23.5 Å². The van der Waals surface area contributed by atoms with E-state index in [-0.39, 0.29) is 0 Å². The molecule has 0 bridgehead atoms. The average Bonchev–Trinajstić information content (AvgIpc) is 2.17. The molecule has 0 aromatic heterocycles. The zero-order chi connectivity index (χ0) is 9.26. The summed E-state index contributed by atoms with van der Waals surface area (Å²) in [6.45, 7) is 3.29. The van der Waals surface area contributed by atoms with E-state index in [4.69, 9.17) is 4.74 Å². The highest BCUT2D eigenvalue weighted by Crippen LogP contribution is 2.29. The van der Waals surface area contributed by atoms with Crippen LogP contribution in [0.25, 0.3) is 0 Å². The SMILES string of the molecule is CC(O)c1ccc2c(c1)NCCO2. The predicted molar refractivity (Wildman–Crippen MR) is 51.1 cm³/mol. The van der Waals surface area contributed by atoms with Crippen LogP contribution in [0.2, 0.25) is 0 Å². The summed E-state index contributed by atoms with van der Waals surface area (Å²) in [7, 11) is 0. The molecule has 1 aromatic rings. The predicted octanol–water partition coefficient (Wildman–Crippen LogP) is 1.54. The molecule has 1 aromatic carbocycles. The first-order chi connectivity index (χ1) is 6.27. The minimum Gasteiger partial charge on any atom is -0.490 e. The minimum absolute atomic E-state index is 0.422. The van der Waals surface area contributed by atoms with Crippen LogP contribution in [0.4, 0.5) is 5.69 Å². The Morgan fingerprint density at radius 1 is 1.54 bits per heavy atom. The van der Waals surface area contributed by atoms with Gasteiger partial charge in [0.15, 0.2) is 0 Å². The first kappa shape index (κ1) is 8.38. The molecule has 0 saturated carbocycles. The van der Waals surface area contributed by atoms with E-state index in [1.54, 1.807) is 6.92 Å². The Hall–Kier alpha value is -1.22. The molecule has 2 rings (SSSR count). The van der Waals surface area contributed by atoms with E-state index in [1.165, 1.54) is 0 Å². The van der Waals surface area contributed by atoms with Crippen molar-refractivity contribution in [3.8, 4) is 5.75 Å². The molecule has 1 aliphatic heterocycles. The van der Waals surface area contributed by atoms with Crippen molar-refractivity contribution in [2.75, 3.05) is 18.5 Å². The van der Waals surface area contributed by atoms with Gasteiger partial charge in [0, 0.05) is 6.54 Å². The number of nitrogens with one attached hydrogen (secondary N) is 1. The lowest BCUT2D eigenvalue weighted by molar-refractivity contribution is 0.199. The second kappa shape index (κ2) is 3.26. The van der Waals surface area contributed by atoms with Crippen molar-refractivity contribution in [3.63, 3.8) is 0 Å². The maximum atomic E-state index is 9.36. The van der Waals surface area contributed by atoms with Gasteiger partial charge in [-0.3, -0.25) is 0 Å². The van der Waals surface area contributed by atoms with Crippen LogP contribution in [0, 0.1) is 0 Å². The van der Waals surface area contributed by atoms with Gasteiger partial charge in [0.25, 0.3) is 0 Å². The molecule has 1 aliphatic rings. The number of rotatable bonds is 1. The van der Waals surface area contributed by atoms with Crippen LogP contribution in [-0.4, -0.2) is 18.3 Å². The van der Waals surface area contributed by atoms with E-state index >= 15 is 0 Å². The van der Waals surface area contributed by atoms with E-state index in [2.05, 4.69) is 5.32 Å². The highest BCUT2D eigenvalue weighted by atomic mass is 16.5. The van der Waals surface area contributed by atoms with Crippen LogP contribution in [0.3, 0.4) is 0 Å². The molecule has 0 aliphatic carbocycles. The summed E-state index contributed by atoms with van der Waals surface area (Å²) < 4.78 is 5.41. The first-order valence-electron chi connectivity index (χ1n) is 4.46. The van der Waals surface area contributed by atoms with Gasteiger partial charge >= 0.3 is 0 Å². The van der Waals surface area contributed by atoms with Gasteiger partial charge in [0.05, 0.1) is 11.8 Å². The Balaban J connectivity index is 2.35. The van der Waals surface area contributed by atoms with Gasteiger partial charge in [0.1, 0.15) is 12.4 Å². The van der Waals surface area contributed by atoms with Crippen molar-refractivity contribution in [1.29, 1.82) is 0 Å². The quantitative estimate of drug-likeness (QED) is 0.687. The van der Waals surface area contributed by atoms with E-state index in [0.29, 0.717) is 6.61 Å². The Morgan fingerprint density at radius 3 is 3.15 bits per heavy atom. The molecule has 0 radical (unpaired) electrons. The van der Waals surface area contributed by atoms with E-state index < -0.39 is 6.10 Å². The number of anilines is 1. The lowest BCUT2D eigenvalue weighted by Gasteiger charge is -2.20. The number of hydrogen-bond donors (Lipinski definition) is 2. The smallest absolute Gasteiger partial charge is 0.142 e. The third-order valence-corrected chi connectivity index (χ3v) is 2.16. The maximum absolute atomic E-state index is 9.36. The van der Waals surface area contributed by atoms with Crippen LogP contribution in [-0.2, 0) is 0 Å². The molecule has 0 amide bonds. The fraction of sp³-hybridized carbons (Fsp3) is 0.400. The number of hydrogen-bond acceptors (Lipinski definition) is 3.